The van der Waals surface area contributed by atoms with Crippen molar-refractivity contribution in [2.24, 2.45) is 5.41 Å². The van der Waals surface area contributed by atoms with Gasteiger partial charge in [0, 0.05) is 24.2 Å². The first-order valence-electron chi connectivity index (χ1n) is 12.2. The molecule has 196 valence electrons. The van der Waals surface area contributed by atoms with Crippen LogP contribution in [-0.2, 0) is 11.0 Å². The average Bonchev–Trinajstić information content (AvgIpc) is 3.33. The average molecular weight is 510 g/mol. The predicted octanol–water partition coefficient (Wildman–Crippen LogP) is 8.22. The van der Waals surface area contributed by atoms with Crippen molar-refractivity contribution < 1.29 is 18.0 Å². The molecular formula is C30H34F3N3O. The van der Waals surface area contributed by atoms with Gasteiger partial charge in [0.1, 0.15) is 0 Å². The third-order valence-corrected chi connectivity index (χ3v) is 6.65. The zero-order valence-corrected chi connectivity index (χ0v) is 21.9. The molecule has 1 N–H and O–H groups in total. The van der Waals surface area contributed by atoms with E-state index in [0.29, 0.717) is 17.3 Å². The minimum atomic E-state index is -4.41. The van der Waals surface area contributed by atoms with Crippen LogP contribution in [0.1, 0.15) is 59.1 Å². The van der Waals surface area contributed by atoms with Crippen LogP contribution in [0.15, 0.2) is 102 Å². The number of hydrogen-bond acceptors (Lipinski definition) is 2. The first-order valence-corrected chi connectivity index (χ1v) is 12.2. The number of nitrogens with one attached hydrogen (secondary N) is 1. The van der Waals surface area contributed by atoms with Crippen molar-refractivity contribution in [1.29, 1.82) is 0 Å². The molecule has 0 saturated heterocycles. The maximum Gasteiger partial charge on any atom is 0.416 e. The van der Waals surface area contributed by atoms with Crippen molar-refractivity contribution in [3.8, 4) is 0 Å². The molecule has 1 unspecified atom stereocenters. The van der Waals surface area contributed by atoms with Crippen LogP contribution in [-0.4, -0.2) is 15.5 Å². The number of rotatable bonds is 7. The molecule has 1 aromatic heterocycles. The standard InChI is InChI=1S/C30H34F3N3O/c1-21(9-14-26-23(3)27(15-16-29(26,4)5)36-18-17-34-20-36)7-6-8-22(2)19-28(37)35-25-12-10-24(11-13-25)30(31,32)33/h6-14,17-20,27H,15-16H2,1-5H3,(H,35,37)/b8-6+,14-9+,21-7+,22-19+. The summed E-state index contributed by atoms with van der Waals surface area (Å²) in [4.78, 5) is 16.4. The number of alkyl halides is 3. The fourth-order valence-corrected chi connectivity index (χ4v) is 4.54. The summed E-state index contributed by atoms with van der Waals surface area (Å²) in [6.45, 7) is 10.6. The molecule has 0 aliphatic heterocycles. The molecule has 0 fully saturated rings. The molecule has 0 spiro atoms. The first kappa shape index (κ1) is 28.0. The van der Waals surface area contributed by atoms with E-state index in [0.717, 1.165) is 30.5 Å². The minimum absolute atomic E-state index is 0.0908. The van der Waals surface area contributed by atoms with Crippen molar-refractivity contribution in [1.82, 2.24) is 9.55 Å². The number of anilines is 1. The van der Waals surface area contributed by atoms with E-state index in [4.69, 9.17) is 0 Å². The number of benzene rings is 1. The quantitative estimate of drug-likeness (QED) is 0.302. The second kappa shape index (κ2) is 11.6. The van der Waals surface area contributed by atoms with Gasteiger partial charge in [-0.1, -0.05) is 49.8 Å². The van der Waals surface area contributed by atoms with E-state index in [1.54, 1.807) is 6.92 Å². The zero-order valence-electron chi connectivity index (χ0n) is 21.9. The van der Waals surface area contributed by atoms with Crippen molar-refractivity contribution >= 4 is 11.6 Å². The van der Waals surface area contributed by atoms with Gasteiger partial charge in [-0.2, -0.15) is 13.2 Å². The van der Waals surface area contributed by atoms with Crippen LogP contribution in [0.2, 0.25) is 0 Å². The molecule has 1 aromatic carbocycles. The van der Waals surface area contributed by atoms with Crippen molar-refractivity contribution in [2.75, 3.05) is 5.32 Å². The summed E-state index contributed by atoms with van der Waals surface area (Å²) in [5, 5.41) is 2.58. The summed E-state index contributed by atoms with van der Waals surface area (Å²) in [5.41, 5.74) is 4.11. The second-order valence-electron chi connectivity index (χ2n) is 10.1. The Balaban J connectivity index is 1.63. The molecule has 1 aliphatic rings. The number of aromatic nitrogens is 2. The molecule has 1 aliphatic carbocycles. The number of amides is 1. The topological polar surface area (TPSA) is 46.9 Å². The number of halogens is 3. The number of carbonyl (C=O) groups is 1. The summed E-state index contributed by atoms with van der Waals surface area (Å²) >= 11 is 0. The Kier molecular flexibility index (Phi) is 8.79. The maximum absolute atomic E-state index is 12.7. The highest BCUT2D eigenvalue weighted by molar-refractivity contribution is 5.99. The van der Waals surface area contributed by atoms with Gasteiger partial charge in [0.25, 0.3) is 0 Å². The fourth-order valence-electron chi connectivity index (χ4n) is 4.54. The molecule has 1 atom stereocenters. The summed E-state index contributed by atoms with van der Waals surface area (Å²) in [5.74, 6) is -0.406. The van der Waals surface area contributed by atoms with Gasteiger partial charge in [0.05, 0.1) is 17.9 Å². The highest BCUT2D eigenvalue weighted by Gasteiger charge is 2.32. The Bertz CT molecular complexity index is 1240. The molecule has 1 amide bonds. The molecule has 4 nitrogen and oxygen atoms in total. The molecule has 37 heavy (non-hydrogen) atoms. The third kappa shape index (κ3) is 7.68. The summed E-state index contributed by atoms with van der Waals surface area (Å²) < 4.78 is 40.2. The van der Waals surface area contributed by atoms with E-state index in [1.165, 1.54) is 29.4 Å². The van der Waals surface area contributed by atoms with Gasteiger partial charge in [-0.25, -0.2) is 4.98 Å². The third-order valence-electron chi connectivity index (χ3n) is 6.65. The smallest absolute Gasteiger partial charge is 0.330 e. The highest BCUT2D eigenvalue weighted by Crippen LogP contribution is 2.45. The lowest BCUT2D eigenvalue weighted by Crippen LogP contribution is -2.25. The van der Waals surface area contributed by atoms with E-state index < -0.39 is 17.6 Å². The van der Waals surface area contributed by atoms with Crippen molar-refractivity contribution in [3.05, 3.63) is 107 Å². The Morgan fingerprint density at radius 2 is 1.84 bits per heavy atom. The van der Waals surface area contributed by atoms with Crippen LogP contribution in [0.25, 0.3) is 0 Å². The predicted molar refractivity (Wildman–Crippen MR) is 143 cm³/mol. The lowest BCUT2D eigenvalue weighted by atomic mass is 9.71. The monoisotopic (exact) mass is 509 g/mol. The molecular weight excluding hydrogens is 475 g/mol. The second-order valence-corrected chi connectivity index (χ2v) is 10.1. The van der Waals surface area contributed by atoms with E-state index in [1.807, 2.05) is 43.9 Å². The van der Waals surface area contributed by atoms with Crippen molar-refractivity contribution in [2.45, 2.75) is 59.7 Å². The highest BCUT2D eigenvalue weighted by atomic mass is 19.4. The van der Waals surface area contributed by atoms with Gasteiger partial charge in [0.2, 0.25) is 5.91 Å². The molecule has 2 aromatic rings. The van der Waals surface area contributed by atoms with Crippen LogP contribution < -0.4 is 5.32 Å². The van der Waals surface area contributed by atoms with Gasteiger partial charge < -0.3 is 9.88 Å². The molecule has 0 bridgehead atoms. The molecule has 7 heteroatoms. The van der Waals surface area contributed by atoms with E-state index in [-0.39, 0.29) is 5.41 Å². The summed E-state index contributed by atoms with van der Waals surface area (Å²) in [6.07, 6.45) is 14.9. The normalized spacial score (nSPS) is 19.2. The Labute approximate surface area is 217 Å². The van der Waals surface area contributed by atoms with Gasteiger partial charge in [-0.15, -0.1) is 0 Å². The van der Waals surface area contributed by atoms with Crippen LogP contribution in [0, 0.1) is 5.41 Å². The minimum Gasteiger partial charge on any atom is -0.330 e. The Morgan fingerprint density at radius 3 is 2.46 bits per heavy atom. The molecule has 3 rings (SSSR count). The molecule has 0 saturated carbocycles. The summed E-state index contributed by atoms with van der Waals surface area (Å²) in [7, 11) is 0. The lowest BCUT2D eigenvalue weighted by Gasteiger charge is -2.37. The van der Waals surface area contributed by atoms with E-state index in [2.05, 4.69) is 47.8 Å². The number of hydrogen-bond donors (Lipinski definition) is 1. The Hall–Kier alpha value is -3.61. The van der Waals surface area contributed by atoms with E-state index in [9.17, 15) is 18.0 Å². The Morgan fingerprint density at radius 1 is 1.14 bits per heavy atom. The first-order chi connectivity index (χ1) is 17.4. The number of nitrogens with zero attached hydrogens (tertiary/aromatic N) is 2. The molecule has 1 heterocycles. The van der Waals surface area contributed by atoms with Gasteiger partial charge in [0.15, 0.2) is 0 Å². The van der Waals surface area contributed by atoms with Gasteiger partial charge in [-0.3, -0.25) is 4.79 Å². The van der Waals surface area contributed by atoms with Gasteiger partial charge in [-0.05, 0) is 80.0 Å². The van der Waals surface area contributed by atoms with Crippen LogP contribution in [0.3, 0.4) is 0 Å². The SMILES string of the molecule is CC1=C(/C=C/C(C)=C/C=C/C(C)=C/C(=O)Nc2ccc(C(F)(F)F)cc2)C(C)(C)CCC1n1ccnc1. The maximum atomic E-state index is 12.7. The molecule has 0 radical (unpaired) electrons. The van der Waals surface area contributed by atoms with E-state index >= 15 is 0 Å². The number of imidazole rings is 1. The number of allylic oxidation sites excluding steroid dienone is 9. The zero-order chi connectivity index (χ0) is 27.2. The lowest BCUT2D eigenvalue weighted by molar-refractivity contribution is -0.137. The van der Waals surface area contributed by atoms with Gasteiger partial charge >= 0.3 is 6.18 Å². The number of carbonyl (C=O) groups excluding carboxylic acids is 1. The fraction of sp³-hybridized carbons (Fsp3) is 0.333. The van der Waals surface area contributed by atoms with Crippen LogP contribution in [0.5, 0.6) is 0 Å². The largest absolute Gasteiger partial charge is 0.416 e. The van der Waals surface area contributed by atoms with Crippen LogP contribution in [0.4, 0.5) is 18.9 Å². The van der Waals surface area contributed by atoms with Crippen molar-refractivity contribution in [3.63, 3.8) is 0 Å². The summed E-state index contributed by atoms with van der Waals surface area (Å²) in [6, 6.07) is 4.68. The van der Waals surface area contributed by atoms with Crippen LogP contribution >= 0.6 is 0 Å².